The van der Waals surface area contributed by atoms with Crippen molar-refractivity contribution in [3.63, 3.8) is 0 Å². The van der Waals surface area contributed by atoms with Gasteiger partial charge in [0.05, 0.1) is 22.3 Å². The number of hydrogen-bond donors (Lipinski definition) is 1. The van der Waals surface area contributed by atoms with E-state index in [4.69, 9.17) is 9.97 Å². The number of fused-ring (bicyclic) bond motifs is 1. The minimum absolute atomic E-state index is 0. The van der Waals surface area contributed by atoms with E-state index in [0.717, 1.165) is 90.0 Å². The third-order valence-electron chi connectivity index (χ3n) is 15.1. The normalized spacial score (nSPS) is 12.7. The molecule has 0 bridgehead atoms. The van der Waals surface area contributed by atoms with E-state index in [1.807, 2.05) is 54.7 Å². The van der Waals surface area contributed by atoms with E-state index in [2.05, 4.69) is 200 Å². The molecule has 1 aliphatic rings. The average Bonchev–Trinajstić information content (AvgIpc) is 4.13. The first-order chi connectivity index (χ1) is 35.9. The van der Waals surface area contributed by atoms with Gasteiger partial charge in [-0.2, -0.15) is 0 Å². The van der Waals surface area contributed by atoms with Gasteiger partial charge in [0.1, 0.15) is 11.6 Å². The molecule has 1 fully saturated rings. The number of nitrogens with zero attached hydrogens (tertiary/aromatic N) is 3. The van der Waals surface area contributed by atoms with Crippen molar-refractivity contribution >= 4 is 11.0 Å². The van der Waals surface area contributed by atoms with Crippen molar-refractivity contribution in [2.45, 2.75) is 51.4 Å². The maximum Gasteiger partial charge on any atom is 0.148 e. The fourth-order valence-electron chi connectivity index (χ4n) is 11.1. The summed E-state index contributed by atoms with van der Waals surface area (Å²) in [4.78, 5) is 10.7. The second-order valence-corrected chi connectivity index (χ2v) is 20.1. The van der Waals surface area contributed by atoms with Crippen LogP contribution in [-0.4, -0.2) is 19.6 Å². The molecule has 2 heterocycles. The summed E-state index contributed by atoms with van der Waals surface area (Å²) >= 11 is 0. The molecule has 1 aliphatic carbocycles. The molecular formula is C69H56N3OPt-. The number of phenols is 1. The monoisotopic (exact) mass is 1140 g/mol. The van der Waals surface area contributed by atoms with Crippen LogP contribution < -0.4 is 0 Å². The van der Waals surface area contributed by atoms with Crippen LogP contribution in [-0.2, 0) is 32.9 Å². The molecule has 74 heavy (non-hydrogen) atoms. The molecular weight excluding hydrogens is 1080 g/mol. The Morgan fingerprint density at radius 2 is 1.09 bits per heavy atom. The van der Waals surface area contributed by atoms with Gasteiger partial charge in [0.25, 0.3) is 0 Å². The van der Waals surface area contributed by atoms with Crippen molar-refractivity contribution in [3.05, 3.63) is 253 Å². The zero-order valence-electron chi connectivity index (χ0n) is 41.7. The maximum absolute atomic E-state index is 12.4. The van der Waals surface area contributed by atoms with Crippen LogP contribution in [0.1, 0.15) is 56.2 Å². The zero-order chi connectivity index (χ0) is 49.3. The number of phenolic OH excluding ortho intramolecular Hbond substituents is 1. The summed E-state index contributed by atoms with van der Waals surface area (Å²) in [7, 11) is 0. The molecule has 0 unspecified atom stereocenters. The van der Waals surface area contributed by atoms with Crippen LogP contribution in [0.25, 0.3) is 95.0 Å². The molecule has 12 rings (SSSR count). The summed E-state index contributed by atoms with van der Waals surface area (Å²) in [5, 5.41) is 12.4. The van der Waals surface area contributed by atoms with Crippen molar-refractivity contribution in [1.82, 2.24) is 14.5 Å². The number of rotatable bonds is 12. The Morgan fingerprint density at radius 3 is 1.82 bits per heavy atom. The second kappa shape index (κ2) is 20.9. The van der Waals surface area contributed by atoms with Crippen molar-refractivity contribution in [3.8, 4) is 89.7 Å². The summed E-state index contributed by atoms with van der Waals surface area (Å²) in [6.07, 6.45) is 8.17. The van der Waals surface area contributed by atoms with Gasteiger partial charge in [0.15, 0.2) is 0 Å². The van der Waals surface area contributed by atoms with E-state index < -0.39 is 0 Å². The molecule has 4 nitrogen and oxygen atoms in total. The largest absolute Gasteiger partial charge is 0.507 e. The van der Waals surface area contributed by atoms with Gasteiger partial charge in [-0.25, -0.2) is 4.98 Å². The molecule has 2 aromatic heterocycles. The van der Waals surface area contributed by atoms with Gasteiger partial charge >= 0.3 is 0 Å². The molecule has 0 aliphatic heterocycles. The van der Waals surface area contributed by atoms with Crippen LogP contribution in [0.2, 0.25) is 0 Å². The van der Waals surface area contributed by atoms with Crippen molar-refractivity contribution in [2.75, 3.05) is 0 Å². The fourth-order valence-corrected chi connectivity index (χ4v) is 11.1. The van der Waals surface area contributed by atoms with E-state index in [0.29, 0.717) is 17.3 Å². The predicted molar refractivity (Wildman–Crippen MR) is 302 cm³/mol. The topological polar surface area (TPSA) is 50.9 Å². The molecule has 0 saturated heterocycles. The van der Waals surface area contributed by atoms with E-state index in [1.54, 1.807) is 0 Å². The Morgan fingerprint density at radius 1 is 0.514 bits per heavy atom. The molecule has 9 aromatic carbocycles. The van der Waals surface area contributed by atoms with Gasteiger partial charge in [-0.15, -0.1) is 23.8 Å². The Balaban J connectivity index is 0.00000588. The van der Waals surface area contributed by atoms with Crippen molar-refractivity contribution < 1.29 is 26.2 Å². The number of pyridine rings is 1. The molecule has 1 N–H and O–H groups in total. The van der Waals surface area contributed by atoms with Gasteiger partial charge in [-0.05, 0) is 87.2 Å². The SMILES string of the molecule is CC(C)(c1ccccc1)c1cccc(-c2ccnc(-c3[c-]c(-c4cccc5c4nc(-c4cccc(-c6ccccc6)c4O)n5-c4ccc(CC5CCCC5)cc4-c4ccccc4)cc(-c4ccccc4)c3)c2)c1.[Pt]. The second-order valence-electron chi connectivity index (χ2n) is 20.1. The standard InChI is InChI=1S/C69H56N3O.Pt/c1-69(2,57-29-13-6-14-30-57)58-31-17-28-52(45-58)53-38-39-70-63(46-53)56-43-54(49-22-7-3-8-23-49)42-55(44-56)59-32-19-35-65-66(59)71-68(61-34-18-33-60(67(61)73)50-24-9-4-10-25-50)72(65)64-37-36-48(40-47-20-15-16-21-47)41-62(64)51-26-11-5-12-27-51;/h3-14,17-19,22-39,41-43,45-47,73H,15-16,20-21,40H2,1-2H3;/q-1;. The minimum atomic E-state index is -0.182. The van der Waals surface area contributed by atoms with E-state index in [1.165, 1.54) is 42.4 Å². The van der Waals surface area contributed by atoms with Crippen LogP contribution in [0.15, 0.2) is 231 Å². The summed E-state index contributed by atoms with van der Waals surface area (Å²) in [5.74, 6) is 1.55. The zero-order valence-corrected chi connectivity index (χ0v) is 43.9. The molecule has 5 heteroatoms. The Bertz CT molecular complexity index is 3750. The summed E-state index contributed by atoms with van der Waals surface area (Å²) in [6, 6.07) is 83.0. The first-order valence-electron chi connectivity index (χ1n) is 25.7. The van der Waals surface area contributed by atoms with Crippen LogP contribution in [0.4, 0.5) is 0 Å². The third-order valence-corrected chi connectivity index (χ3v) is 15.1. The van der Waals surface area contributed by atoms with Crippen molar-refractivity contribution in [2.24, 2.45) is 5.92 Å². The molecule has 11 aromatic rings. The maximum atomic E-state index is 12.4. The van der Waals surface area contributed by atoms with Gasteiger partial charge < -0.3 is 5.11 Å². The number of aromatic nitrogens is 3. The number of aromatic hydroxyl groups is 1. The molecule has 364 valence electrons. The van der Waals surface area contributed by atoms with E-state index >= 15 is 0 Å². The molecule has 0 radical (unpaired) electrons. The Kier molecular flexibility index (Phi) is 13.7. The third kappa shape index (κ3) is 9.47. The first-order valence-corrected chi connectivity index (χ1v) is 25.7. The summed E-state index contributed by atoms with van der Waals surface area (Å²) in [6.45, 7) is 4.58. The smallest absolute Gasteiger partial charge is 0.148 e. The van der Waals surface area contributed by atoms with Crippen LogP contribution in [0.3, 0.4) is 0 Å². The van der Waals surface area contributed by atoms with Crippen LogP contribution in [0.5, 0.6) is 5.75 Å². The fraction of sp³-hybridized carbons (Fsp3) is 0.130. The summed E-state index contributed by atoms with van der Waals surface area (Å²) < 4.78 is 2.27. The van der Waals surface area contributed by atoms with E-state index in [9.17, 15) is 5.11 Å². The average molecular weight is 1140 g/mol. The number of hydrogen-bond acceptors (Lipinski definition) is 3. The van der Waals surface area contributed by atoms with Gasteiger partial charge in [-0.1, -0.05) is 238 Å². The van der Waals surface area contributed by atoms with E-state index in [-0.39, 0.29) is 32.2 Å². The minimum Gasteiger partial charge on any atom is -0.507 e. The van der Waals surface area contributed by atoms with Crippen LogP contribution in [0, 0.1) is 12.0 Å². The molecule has 0 amide bonds. The number of para-hydroxylation sites is 2. The molecule has 1 saturated carbocycles. The molecule has 0 spiro atoms. The summed E-state index contributed by atoms with van der Waals surface area (Å²) in [5.41, 5.74) is 18.9. The van der Waals surface area contributed by atoms with Gasteiger partial charge in [0.2, 0.25) is 0 Å². The molecule has 0 atom stereocenters. The van der Waals surface area contributed by atoms with Gasteiger partial charge in [-0.3, -0.25) is 9.55 Å². The van der Waals surface area contributed by atoms with Gasteiger partial charge in [0, 0.05) is 49.5 Å². The Hall–Kier alpha value is -7.91. The Labute approximate surface area is 449 Å². The number of imidazole rings is 1. The van der Waals surface area contributed by atoms with Crippen LogP contribution >= 0.6 is 0 Å². The predicted octanol–water partition coefficient (Wildman–Crippen LogP) is 17.7. The first kappa shape index (κ1) is 48.4. The quantitative estimate of drug-likeness (QED) is 0.124. The number of benzene rings is 9. The van der Waals surface area contributed by atoms with Crippen molar-refractivity contribution in [1.29, 1.82) is 0 Å².